The predicted molar refractivity (Wildman–Crippen MR) is 63.2 cm³/mol. The topological polar surface area (TPSA) is 75.3 Å². The van der Waals surface area contributed by atoms with Gasteiger partial charge in [-0.1, -0.05) is 12.1 Å². The molecule has 4 N–H and O–H groups in total. The van der Waals surface area contributed by atoms with Crippen LogP contribution < -0.4 is 11.1 Å². The SMILES string of the molecule is C[C@H](O)CNC(=O)c1ccc(CCN)cc1. The summed E-state index contributed by atoms with van der Waals surface area (Å²) in [6.45, 7) is 2.50. The number of aliphatic hydroxyl groups excluding tert-OH is 1. The maximum absolute atomic E-state index is 11.6. The van der Waals surface area contributed by atoms with Gasteiger partial charge in [-0.15, -0.1) is 0 Å². The Kier molecular flexibility index (Phi) is 4.95. The minimum atomic E-state index is -0.527. The molecule has 0 aliphatic heterocycles. The van der Waals surface area contributed by atoms with Crippen LogP contribution in [0.25, 0.3) is 0 Å². The molecule has 88 valence electrons. The molecule has 0 aliphatic rings. The second kappa shape index (κ2) is 6.25. The number of rotatable bonds is 5. The summed E-state index contributed by atoms with van der Waals surface area (Å²) in [5, 5.41) is 11.7. The van der Waals surface area contributed by atoms with Gasteiger partial charge in [-0.3, -0.25) is 4.79 Å². The van der Waals surface area contributed by atoms with E-state index in [0.29, 0.717) is 12.1 Å². The van der Waals surface area contributed by atoms with Crippen LogP contribution in [0.4, 0.5) is 0 Å². The Hall–Kier alpha value is -1.39. The van der Waals surface area contributed by atoms with Crippen LogP contribution in [0.15, 0.2) is 24.3 Å². The Labute approximate surface area is 95.5 Å². The lowest BCUT2D eigenvalue weighted by molar-refractivity contribution is 0.0924. The Bertz CT molecular complexity index is 333. The number of aliphatic hydroxyl groups is 1. The summed E-state index contributed by atoms with van der Waals surface area (Å²) in [6, 6.07) is 7.32. The van der Waals surface area contributed by atoms with Crippen molar-refractivity contribution in [3.8, 4) is 0 Å². The molecule has 1 aromatic carbocycles. The largest absolute Gasteiger partial charge is 0.392 e. The summed E-state index contributed by atoms with van der Waals surface area (Å²) >= 11 is 0. The highest BCUT2D eigenvalue weighted by Gasteiger charge is 2.05. The lowest BCUT2D eigenvalue weighted by Gasteiger charge is -2.07. The first-order chi connectivity index (χ1) is 7.63. The van der Waals surface area contributed by atoms with Crippen molar-refractivity contribution in [2.45, 2.75) is 19.4 Å². The average Bonchev–Trinajstić information content (AvgIpc) is 2.27. The highest BCUT2D eigenvalue weighted by atomic mass is 16.3. The number of benzene rings is 1. The van der Waals surface area contributed by atoms with Gasteiger partial charge in [-0.25, -0.2) is 0 Å². The second-order valence-corrected chi connectivity index (χ2v) is 3.79. The number of hydrogen-bond acceptors (Lipinski definition) is 3. The molecule has 0 saturated heterocycles. The van der Waals surface area contributed by atoms with E-state index in [2.05, 4.69) is 5.32 Å². The molecule has 1 aromatic rings. The molecule has 0 saturated carbocycles. The van der Waals surface area contributed by atoms with Crippen molar-refractivity contribution in [1.29, 1.82) is 0 Å². The van der Waals surface area contributed by atoms with Crippen molar-refractivity contribution >= 4 is 5.91 Å². The lowest BCUT2D eigenvalue weighted by atomic mass is 10.1. The molecule has 1 atom stereocenters. The molecule has 0 unspecified atom stereocenters. The normalized spacial score (nSPS) is 12.2. The van der Waals surface area contributed by atoms with Gasteiger partial charge in [0.2, 0.25) is 0 Å². The Morgan fingerprint density at radius 1 is 1.44 bits per heavy atom. The summed E-state index contributed by atoms with van der Waals surface area (Å²) in [7, 11) is 0. The van der Waals surface area contributed by atoms with E-state index in [4.69, 9.17) is 10.8 Å². The van der Waals surface area contributed by atoms with Gasteiger partial charge in [0.25, 0.3) is 5.91 Å². The first-order valence-corrected chi connectivity index (χ1v) is 5.38. The van der Waals surface area contributed by atoms with Crippen LogP contribution in [0, 0.1) is 0 Å². The van der Waals surface area contributed by atoms with E-state index in [0.717, 1.165) is 12.0 Å². The van der Waals surface area contributed by atoms with Crippen molar-refractivity contribution in [2.75, 3.05) is 13.1 Å². The monoisotopic (exact) mass is 222 g/mol. The minimum Gasteiger partial charge on any atom is -0.392 e. The van der Waals surface area contributed by atoms with Gasteiger partial charge in [-0.2, -0.15) is 0 Å². The zero-order valence-corrected chi connectivity index (χ0v) is 9.44. The molecule has 0 aliphatic carbocycles. The van der Waals surface area contributed by atoms with Gasteiger partial charge in [0.05, 0.1) is 6.10 Å². The summed E-state index contributed by atoms with van der Waals surface area (Å²) < 4.78 is 0. The number of carbonyl (C=O) groups excluding carboxylic acids is 1. The van der Waals surface area contributed by atoms with E-state index < -0.39 is 6.10 Å². The lowest BCUT2D eigenvalue weighted by Crippen LogP contribution is -2.30. The van der Waals surface area contributed by atoms with Gasteiger partial charge in [-0.05, 0) is 37.6 Å². The van der Waals surface area contributed by atoms with E-state index in [1.165, 1.54) is 0 Å². The molecule has 4 nitrogen and oxygen atoms in total. The predicted octanol–water partition coefficient (Wildman–Crippen LogP) is 0.298. The molecular weight excluding hydrogens is 204 g/mol. The number of nitrogens with one attached hydrogen (secondary N) is 1. The minimum absolute atomic E-state index is 0.166. The fourth-order valence-electron chi connectivity index (χ4n) is 1.33. The zero-order valence-electron chi connectivity index (χ0n) is 9.44. The summed E-state index contributed by atoms with van der Waals surface area (Å²) in [5.74, 6) is -0.166. The summed E-state index contributed by atoms with van der Waals surface area (Å²) in [5.41, 5.74) is 7.15. The Balaban J connectivity index is 2.56. The van der Waals surface area contributed by atoms with Crippen LogP contribution in [-0.2, 0) is 6.42 Å². The smallest absolute Gasteiger partial charge is 0.251 e. The second-order valence-electron chi connectivity index (χ2n) is 3.79. The van der Waals surface area contributed by atoms with Crippen LogP contribution >= 0.6 is 0 Å². The number of nitrogens with two attached hydrogens (primary N) is 1. The number of hydrogen-bond donors (Lipinski definition) is 3. The first kappa shape index (κ1) is 12.7. The van der Waals surface area contributed by atoms with E-state index in [1.54, 1.807) is 19.1 Å². The van der Waals surface area contributed by atoms with Crippen LogP contribution in [0.2, 0.25) is 0 Å². The molecule has 0 fully saturated rings. The number of carbonyl (C=O) groups is 1. The van der Waals surface area contributed by atoms with Crippen LogP contribution in [-0.4, -0.2) is 30.2 Å². The highest BCUT2D eigenvalue weighted by molar-refractivity contribution is 5.94. The third-order valence-corrected chi connectivity index (χ3v) is 2.21. The molecule has 0 spiro atoms. The maximum Gasteiger partial charge on any atom is 0.251 e. The molecular formula is C12H18N2O2. The van der Waals surface area contributed by atoms with Crippen LogP contribution in [0.1, 0.15) is 22.8 Å². The van der Waals surface area contributed by atoms with Gasteiger partial charge in [0.1, 0.15) is 0 Å². The molecule has 0 radical (unpaired) electrons. The molecule has 4 heteroatoms. The molecule has 0 heterocycles. The van der Waals surface area contributed by atoms with Gasteiger partial charge in [0, 0.05) is 12.1 Å². The van der Waals surface area contributed by atoms with E-state index in [9.17, 15) is 4.79 Å². The molecule has 0 bridgehead atoms. The molecule has 0 aromatic heterocycles. The first-order valence-electron chi connectivity index (χ1n) is 5.38. The Morgan fingerprint density at radius 2 is 2.06 bits per heavy atom. The van der Waals surface area contributed by atoms with Crippen LogP contribution in [0.5, 0.6) is 0 Å². The third kappa shape index (κ3) is 4.00. The summed E-state index contributed by atoms with van der Waals surface area (Å²) in [4.78, 5) is 11.6. The quantitative estimate of drug-likeness (QED) is 0.670. The highest BCUT2D eigenvalue weighted by Crippen LogP contribution is 2.04. The van der Waals surface area contributed by atoms with Gasteiger partial charge >= 0.3 is 0 Å². The molecule has 16 heavy (non-hydrogen) atoms. The summed E-state index contributed by atoms with van der Waals surface area (Å²) in [6.07, 6.45) is 0.288. The van der Waals surface area contributed by atoms with Crippen LogP contribution in [0.3, 0.4) is 0 Å². The van der Waals surface area contributed by atoms with Crippen molar-refractivity contribution in [1.82, 2.24) is 5.32 Å². The van der Waals surface area contributed by atoms with E-state index >= 15 is 0 Å². The molecule has 1 amide bonds. The maximum atomic E-state index is 11.6. The molecule has 1 rings (SSSR count). The van der Waals surface area contributed by atoms with Crippen molar-refractivity contribution in [2.24, 2.45) is 5.73 Å². The fraction of sp³-hybridized carbons (Fsp3) is 0.417. The average molecular weight is 222 g/mol. The Morgan fingerprint density at radius 3 is 2.56 bits per heavy atom. The van der Waals surface area contributed by atoms with Crippen molar-refractivity contribution in [3.63, 3.8) is 0 Å². The standard InChI is InChI=1S/C12H18N2O2/c1-9(15)8-14-12(16)11-4-2-10(3-5-11)6-7-13/h2-5,9,15H,6-8,13H2,1H3,(H,14,16)/t9-/m0/s1. The fourth-order valence-corrected chi connectivity index (χ4v) is 1.33. The van der Waals surface area contributed by atoms with Gasteiger partial charge < -0.3 is 16.2 Å². The van der Waals surface area contributed by atoms with Gasteiger partial charge in [0.15, 0.2) is 0 Å². The van der Waals surface area contributed by atoms with Crippen molar-refractivity contribution < 1.29 is 9.90 Å². The van der Waals surface area contributed by atoms with E-state index in [1.807, 2.05) is 12.1 Å². The third-order valence-electron chi connectivity index (χ3n) is 2.21. The van der Waals surface area contributed by atoms with E-state index in [-0.39, 0.29) is 12.5 Å². The number of amides is 1. The zero-order chi connectivity index (χ0) is 12.0. The van der Waals surface area contributed by atoms with Crippen molar-refractivity contribution in [3.05, 3.63) is 35.4 Å².